The number of unbranched alkanes of at least 4 members (excludes halogenated alkanes) is 1. The Morgan fingerprint density at radius 3 is 2.60 bits per heavy atom. The minimum Gasteiger partial charge on any atom is -0.342 e. The zero-order valence-electron chi connectivity index (χ0n) is 14.2. The van der Waals surface area contributed by atoms with E-state index in [0.717, 1.165) is 12.8 Å². The highest BCUT2D eigenvalue weighted by atomic mass is 16.2. The predicted molar refractivity (Wildman–Crippen MR) is 91.2 cm³/mol. The van der Waals surface area contributed by atoms with Crippen LogP contribution in [0.4, 0.5) is 0 Å². The zero-order valence-corrected chi connectivity index (χ0v) is 14.2. The summed E-state index contributed by atoms with van der Waals surface area (Å²) >= 11 is 0. The Bertz CT molecular complexity index is 645. The number of carbonyl (C=O) groups is 4. The summed E-state index contributed by atoms with van der Waals surface area (Å²) in [4.78, 5) is 47.8. The molecule has 1 aliphatic rings. The third-order valence-electron chi connectivity index (χ3n) is 4.01. The Labute approximate surface area is 146 Å². The number of hydrogen-bond acceptors (Lipinski definition) is 4. The second-order valence-corrected chi connectivity index (χ2v) is 6.03. The van der Waals surface area contributed by atoms with Gasteiger partial charge in [0.15, 0.2) is 0 Å². The molecule has 25 heavy (non-hydrogen) atoms. The van der Waals surface area contributed by atoms with Gasteiger partial charge in [-0.05, 0) is 18.4 Å². The molecular formula is C18H23N3O4. The van der Waals surface area contributed by atoms with Crippen molar-refractivity contribution in [1.29, 1.82) is 0 Å². The minimum absolute atomic E-state index is 0.176. The Morgan fingerprint density at radius 1 is 1.24 bits per heavy atom. The van der Waals surface area contributed by atoms with Gasteiger partial charge in [0.05, 0.1) is 0 Å². The first-order chi connectivity index (χ1) is 12.0. The van der Waals surface area contributed by atoms with E-state index in [-0.39, 0.29) is 24.7 Å². The first kappa shape index (κ1) is 18.6. The van der Waals surface area contributed by atoms with Crippen LogP contribution < -0.4 is 16.0 Å². The monoisotopic (exact) mass is 345 g/mol. The first-order valence-electron chi connectivity index (χ1n) is 8.49. The molecule has 7 nitrogen and oxygen atoms in total. The number of rotatable bonds is 7. The molecular weight excluding hydrogens is 322 g/mol. The fourth-order valence-electron chi connectivity index (χ4n) is 2.60. The molecule has 2 rings (SSSR count). The second kappa shape index (κ2) is 8.96. The maximum atomic E-state index is 12.7. The van der Waals surface area contributed by atoms with Crippen LogP contribution in [0, 0.1) is 0 Å². The van der Waals surface area contributed by atoms with Gasteiger partial charge < -0.3 is 10.6 Å². The normalized spacial score (nSPS) is 18.2. The predicted octanol–water partition coefficient (Wildman–Crippen LogP) is 0.956. The Morgan fingerprint density at radius 2 is 1.96 bits per heavy atom. The maximum Gasteiger partial charge on any atom is 0.249 e. The standard InChI is InChI=1S/C18H23N3O4/c1-2-3-9-14(22)20-16(12-7-5-4-6-8-12)18(25)19-13-10-11-15(23)21-17(13)24/h4-8,13,16H,2-3,9-11H2,1H3,(H,19,25)(H,20,22)(H,21,23,24)/t13?,16-/m0/s1. The van der Waals surface area contributed by atoms with Crippen molar-refractivity contribution in [3.63, 3.8) is 0 Å². The van der Waals surface area contributed by atoms with Gasteiger partial charge in [-0.3, -0.25) is 24.5 Å². The van der Waals surface area contributed by atoms with Crippen LogP contribution >= 0.6 is 0 Å². The molecule has 3 N–H and O–H groups in total. The van der Waals surface area contributed by atoms with Gasteiger partial charge in [0.2, 0.25) is 23.6 Å². The lowest BCUT2D eigenvalue weighted by Gasteiger charge is -2.25. The van der Waals surface area contributed by atoms with E-state index in [2.05, 4.69) is 16.0 Å². The van der Waals surface area contributed by atoms with Crippen LogP contribution in [-0.2, 0) is 19.2 Å². The minimum atomic E-state index is -0.879. The molecule has 0 aromatic heterocycles. The molecule has 0 radical (unpaired) electrons. The van der Waals surface area contributed by atoms with Crippen LogP contribution in [0.25, 0.3) is 0 Å². The summed E-state index contributed by atoms with van der Waals surface area (Å²) in [6.07, 6.45) is 2.39. The maximum absolute atomic E-state index is 12.7. The molecule has 1 unspecified atom stereocenters. The van der Waals surface area contributed by atoms with Gasteiger partial charge in [0, 0.05) is 12.8 Å². The first-order valence-corrected chi connectivity index (χ1v) is 8.49. The van der Waals surface area contributed by atoms with E-state index in [1.807, 2.05) is 13.0 Å². The molecule has 0 saturated carbocycles. The van der Waals surface area contributed by atoms with Crippen molar-refractivity contribution in [3.05, 3.63) is 35.9 Å². The summed E-state index contributed by atoms with van der Waals surface area (Å²) in [6.45, 7) is 1.98. The lowest BCUT2D eigenvalue weighted by atomic mass is 10.0. The van der Waals surface area contributed by atoms with Crippen molar-refractivity contribution in [3.8, 4) is 0 Å². The van der Waals surface area contributed by atoms with Gasteiger partial charge in [-0.25, -0.2) is 0 Å². The summed E-state index contributed by atoms with van der Waals surface area (Å²) < 4.78 is 0. The van der Waals surface area contributed by atoms with E-state index in [4.69, 9.17) is 0 Å². The quantitative estimate of drug-likeness (QED) is 0.640. The summed E-state index contributed by atoms with van der Waals surface area (Å²) in [5.74, 6) is -1.55. The van der Waals surface area contributed by atoms with E-state index >= 15 is 0 Å². The van der Waals surface area contributed by atoms with Crippen molar-refractivity contribution in [2.24, 2.45) is 0 Å². The second-order valence-electron chi connectivity index (χ2n) is 6.03. The van der Waals surface area contributed by atoms with Crippen molar-refractivity contribution in [2.45, 2.75) is 51.1 Å². The molecule has 1 aromatic carbocycles. The molecule has 1 fully saturated rings. The zero-order chi connectivity index (χ0) is 18.2. The molecule has 1 saturated heterocycles. The van der Waals surface area contributed by atoms with E-state index < -0.39 is 23.9 Å². The van der Waals surface area contributed by atoms with Crippen LogP contribution in [-0.4, -0.2) is 29.7 Å². The molecule has 4 amide bonds. The van der Waals surface area contributed by atoms with Crippen molar-refractivity contribution in [1.82, 2.24) is 16.0 Å². The van der Waals surface area contributed by atoms with E-state index in [1.165, 1.54) is 0 Å². The molecule has 0 spiro atoms. The molecule has 0 bridgehead atoms. The van der Waals surface area contributed by atoms with Crippen molar-refractivity contribution >= 4 is 23.6 Å². The van der Waals surface area contributed by atoms with Crippen LogP contribution in [0.3, 0.4) is 0 Å². The number of nitrogens with one attached hydrogen (secondary N) is 3. The highest BCUT2D eigenvalue weighted by Crippen LogP contribution is 2.15. The van der Waals surface area contributed by atoms with Crippen LogP contribution in [0.2, 0.25) is 0 Å². The highest BCUT2D eigenvalue weighted by molar-refractivity contribution is 6.02. The Balaban J connectivity index is 2.08. The van der Waals surface area contributed by atoms with Crippen molar-refractivity contribution in [2.75, 3.05) is 0 Å². The van der Waals surface area contributed by atoms with E-state index in [0.29, 0.717) is 12.0 Å². The van der Waals surface area contributed by atoms with Gasteiger partial charge in [-0.1, -0.05) is 43.7 Å². The van der Waals surface area contributed by atoms with E-state index in [1.54, 1.807) is 24.3 Å². The van der Waals surface area contributed by atoms with Gasteiger partial charge in [-0.15, -0.1) is 0 Å². The fraction of sp³-hybridized carbons (Fsp3) is 0.444. The van der Waals surface area contributed by atoms with Crippen LogP contribution in [0.5, 0.6) is 0 Å². The fourth-order valence-corrected chi connectivity index (χ4v) is 2.60. The van der Waals surface area contributed by atoms with Gasteiger partial charge >= 0.3 is 0 Å². The molecule has 1 aliphatic heterocycles. The van der Waals surface area contributed by atoms with Gasteiger partial charge in [0.25, 0.3) is 0 Å². The van der Waals surface area contributed by atoms with Gasteiger partial charge in [0.1, 0.15) is 12.1 Å². The third-order valence-corrected chi connectivity index (χ3v) is 4.01. The Kier molecular flexibility index (Phi) is 6.68. The Hall–Kier alpha value is -2.70. The van der Waals surface area contributed by atoms with E-state index in [9.17, 15) is 19.2 Å². The number of benzene rings is 1. The smallest absolute Gasteiger partial charge is 0.249 e. The van der Waals surface area contributed by atoms with Crippen molar-refractivity contribution < 1.29 is 19.2 Å². The number of carbonyl (C=O) groups excluding carboxylic acids is 4. The topological polar surface area (TPSA) is 104 Å². The summed E-state index contributed by atoms with van der Waals surface area (Å²) in [7, 11) is 0. The number of hydrogen-bond donors (Lipinski definition) is 3. The average Bonchev–Trinajstić information content (AvgIpc) is 2.61. The molecule has 1 heterocycles. The largest absolute Gasteiger partial charge is 0.342 e. The number of imide groups is 1. The van der Waals surface area contributed by atoms with Gasteiger partial charge in [-0.2, -0.15) is 0 Å². The molecule has 0 aliphatic carbocycles. The number of piperidine rings is 1. The highest BCUT2D eigenvalue weighted by Gasteiger charge is 2.31. The lowest BCUT2D eigenvalue weighted by Crippen LogP contribution is -2.54. The number of amides is 4. The lowest BCUT2D eigenvalue weighted by molar-refractivity contribution is -0.138. The molecule has 2 atom stereocenters. The molecule has 134 valence electrons. The molecule has 7 heteroatoms. The third kappa shape index (κ3) is 5.41. The SMILES string of the molecule is CCCCC(=O)N[C@H](C(=O)NC1CCC(=O)NC1=O)c1ccccc1. The summed E-state index contributed by atoms with van der Waals surface area (Å²) in [5.41, 5.74) is 0.636. The molecule has 1 aromatic rings. The average molecular weight is 345 g/mol. The van der Waals surface area contributed by atoms with Crippen LogP contribution in [0.1, 0.15) is 50.6 Å². The van der Waals surface area contributed by atoms with Crippen LogP contribution in [0.15, 0.2) is 30.3 Å². The summed E-state index contributed by atoms with van der Waals surface area (Å²) in [5, 5.41) is 7.56. The summed E-state index contributed by atoms with van der Waals surface area (Å²) in [6, 6.07) is 7.21.